The van der Waals surface area contributed by atoms with E-state index in [0.29, 0.717) is 30.4 Å². The molecule has 3 aromatic rings. The van der Waals surface area contributed by atoms with Crippen LogP contribution >= 0.6 is 0 Å². The average Bonchev–Trinajstić information content (AvgIpc) is 2.88. The second-order valence-corrected chi connectivity index (χ2v) is 10.9. The Hall–Kier alpha value is -3.00. The van der Waals surface area contributed by atoms with Crippen molar-refractivity contribution >= 4 is 5.69 Å². The van der Waals surface area contributed by atoms with Crippen LogP contribution in [-0.4, -0.2) is 36.3 Å². The Kier molecular flexibility index (Phi) is 7.70. The van der Waals surface area contributed by atoms with Gasteiger partial charge in [0.2, 0.25) is 0 Å². The Morgan fingerprint density at radius 2 is 1.63 bits per heavy atom. The van der Waals surface area contributed by atoms with E-state index in [2.05, 4.69) is 28.7 Å². The molecule has 2 aromatic heterocycles. The van der Waals surface area contributed by atoms with Gasteiger partial charge in [0.1, 0.15) is 28.8 Å². The summed E-state index contributed by atoms with van der Waals surface area (Å²) in [4.78, 5) is 11.0. The summed E-state index contributed by atoms with van der Waals surface area (Å²) in [5.41, 5.74) is -0.282. The lowest BCUT2D eigenvalue weighted by atomic mass is 9.87. The van der Waals surface area contributed by atoms with Gasteiger partial charge < -0.3 is 9.64 Å². The van der Waals surface area contributed by atoms with Gasteiger partial charge in [0.25, 0.3) is 0 Å². The minimum atomic E-state index is -1.88. The zero-order valence-corrected chi connectivity index (χ0v) is 21.8. The van der Waals surface area contributed by atoms with Crippen LogP contribution in [-0.2, 0) is 23.2 Å². The first kappa shape index (κ1) is 26.6. The maximum Gasteiger partial charge on any atom is 0.149 e. The Morgan fingerprint density at radius 1 is 0.947 bits per heavy atom. The van der Waals surface area contributed by atoms with Gasteiger partial charge >= 0.3 is 0 Å². The van der Waals surface area contributed by atoms with Gasteiger partial charge in [-0.3, -0.25) is 4.98 Å². The largest absolute Gasteiger partial charge is 0.381 e. The molecule has 0 aliphatic carbocycles. The number of rotatable bonds is 6. The van der Waals surface area contributed by atoms with Crippen molar-refractivity contribution in [2.75, 3.05) is 31.2 Å². The van der Waals surface area contributed by atoms with Crippen LogP contribution in [0.15, 0.2) is 42.7 Å². The maximum absolute atomic E-state index is 15.3. The first-order valence-corrected chi connectivity index (χ1v) is 13.3. The Bertz CT molecular complexity index is 1260. The molecule has 2 aliphatic heterocycles. The summed E-state index contributed by atoms with van der Waals surface area (Å²) in [6.45, 7) is 6.82. The molecule has 0 saturated carbocycles. The molecule has 1 aromatic carbocycles. The van der Waals surface area contributed by atoms with E-state index in [-0.39, 0.29) is 31.6 Å². The zero-order valence-electron chi connectivity index (χ0n) is 21.8. The lowest BCUT2D eigenvalue weighted by Gasteiger charge is -2.37. The molecular formula is C30H33F4N3O. The molecule has 4 nitrogen and oxygen atoms in total. The number of hydrogen-bond acceptors (Lipinski definition) is 4. The van der Waals surface area contributed by atoms with Crippen LogP contribution < -0.4 is 4.90 Å². The van der Waals surface area contributed by atoms with Gasteiger partial charge in [0, 0.05) is 62.9 Å². The van der Waals surface area contributed by atoms with Crippen molar-refractivity contribution in [2.45, 2.75) is 51.6 Å². The third kappa shape index (κ3) is 5.55. The second kappa shape index (κ2) is 11.0. The van der Waals surface area contributed by atoms with Gasteiger partial charge in [-0.2, -0.15) is 0 Å². The molecule has 2 aliphatic rings. The van der Waals surface area contributed by atoms with E-state index in [1.165, 1.54) is 18.6 Å². The fourth-order valence-corrected chi connectivity index (χ4v) is 5.88. The number of aromatic nitrogens is 2. The molecular weight excluding hydrogens is 494 g/mol. The highest BCUT2D eigenvalue weighted by Gasteiger charge is 2.36. The molecule has 38 heavy (non-hydrogen) atoms. The number of ether oxygens (including phenoxy) is 1. The lowest BCUT2D eigenvalue weighted by Crippen LogP contribution is -2.39. The normalized spacial score (nSPS) is 21.5. The Morgan fingerprint density at radius 3 is 2.32 bits per heavy atom. The predicted molar refractivity (Wildman–Crippen MR) is 139 cm³/mol. The second-order valence-electron chi connectivity index (χ2n) is 10.9. The summed E-state index contributed by atoms with van der Waals surface area (Å²) >= 11 is 0. The van der Waals surface area contributed by atoms with Crippen molar-refractivity contribution in [3.63, 3.8) is 0 Å². The number of piperidine rings is 1. The van der Waals surface area contributed by atoms with Crippen molar-refractivity contribution < 1.29 is 22.3 Å². The number of halogens is 4. The van der Waals surface area contributed by atoms with Gasteiger partial charge in [0.05, 0.1) is 5.56 Å². The van der Waals surface area contributed by atoms with E-state index in [1.54, 1.807) is 6.20 Å². The van der Waals surface area contributed by atoms with Crippen LogP contribution in [0.4, 0.5) is 23.2 Å². The van der Waals surface area contributed by atoms with Gasteiger partial charge in [-0.05, 0) is 72.6 Å². The van der Waals surface area contributed by atoms with Crippen LogP contribution in [0.1, 0.15) is 49.9 Å². The van der Waals surface area contributed by atoms with Crippen LogP contribution in [0.2, 0.25) is 0 Å². The van der Waals surface area contributed by atoms with Crippen molar-refractivity contribution in [1.29, 1.82) is 0 Å². The fraction of sp³-hybridized carbons (Fsp3) is 0.467. The maximum atomic E-state index is 15.3. The zero-order chi connectivity index (χ0) is 26.9. The highest BCUT2D eigenvalue weighted by molar-refractivity contribution is 5.63. The number of hydrogen-bond donors (Lipinski definition) is 0. The summed E-state index contributed by atoms with van der Waals surface area (Å²) in [6.07, 6.45) is 5.89. The fourth-order valence-electron chi connectivity index (χ4n) is 5.88. The van der Waals surface area contributed by atoms with Crippen molar-refractivity contribution in [3.05, 3.63) is 77.0 Å². The predicted octanol–water partition coefficient (Wildman–Crippen LogP) is 6.80. The van der Waals surface area contributed by atoms with Gasteiger partial charge in [-0.1, -0.05) is 13.8 Å². The topological polar surface area (TPSA) is 38.2 Å². The SMILES string of the molecule is C[C@@H]1C[C@H](C)CN(c2ccncc2CCc2ccc(F)c(-c3c(F)cc(C4(F)CCOCC4)cc3F)n2)C1. The van der Waals surface area contributed by atoms with E-state index in [4.69, 9.17) is 4.74 Å². The number of pyridine rings is 2. The van der Waals surface area contributed by atoms with Crippen molar-refractivity contribution in [1.82, 2.24) is 9.97 Å². The van der Waals surface area contributed by atoms with Gasteiger partial charge in [-0.25, -0.2) is 22.5 Å². The minimum absolute atomic E-state index is 0.0128. The molecule has 2 fully saturated rings. The smallest absolute Gasteiger partial charge is 0.149 e. The van der Waals surface area contributed by atoms with Crippen LogP contribution in [0.5, 0.6) is 0 Å². The minimum Gasteiger partial charge on any atom is -0.381 e. The summed E-state index contributed by atoms with van der Waals surface area (Å²) in [7, 11) is 0. The Labute approximate surface area is 221 Å². The first-order chi connectivity index (χ1) is 18.2. The average molecular weight is 528 g/mol. The van der Waals surface area contributed by atoms with Crippen LogP contribution in [0.3, 0.4) is 0 Å². The molecule has 202 valence electrons. The summed E-state index contributed by atoms with van der Waals surface area (Å²) in [6, 6.07) is 6.65. The third-order valence-corrected chi connectivity index (χ3v) is 7.72. The van der Waals surface area contributed by atoms with Gasteiger partial charge in [0.15, 0.2) is 0 Å². The standard InChI is InChI=1S/C30H33F4N3O/c1-19-13-20(2)18-37(17-19)27-7-10-35-16-21(27)3-4-23-5-6-24(31)29(36-23)28-25(32)14-22(15-26(28)33)30(34)8-11-38-12-9-30/h5-7,10,14-16,19-20H,3-4,8-9,11-13,17-18H2,1-2H3/t19-,20+. The number of alkyl halides is 1. The molecule has 5 rings (SSSR count). The first-order valence-electron chi connectivity index (χ1n) is 13.3. The number of anilines is 1. The molecule has 4 heterocycles. The van der Waals surface area contributed by atoms with E-state index in [1.807, 2.05) is 12.3 Å². The van der Waals surface area contributed by atoms with E-state index < -0.39 is 34.4 Å². The quantitative estimate of drug-likeness (QED) is 0.331. The Balaban J connectivity index is 1.39. The molecule has 2 saturated heterocycles. The van der Waals surface area contributed by atoms with Crippen LogP contribution in [0.25, 0.3) is 11.3 Å². The molecule has 2 atom stereocenters. The van der Waals surface area contributed by atoms with Crippen molar-refractivity contribution in [3.8, 4) is 11.3 Å². The summed E-state index contributed by atoms with van der Waals surface area (Å²) in [5, 5.41) is 0. The number of benzene rings is 1. The molecule has 0 radical (unpaired) electrons. The lowest BCUT2D eigenvalue weighted by molar-refractivity contribution is -0.0117. The highest BCUT2D eigenvalue weighted by Crippen LogP contribution is 2.39. The molecule has 0 unspecified atom stereocenters. The molecule has 0 amide bonds. The summed E-state index contributed by atoms with van der Waals surface area (Å²) in [5.74, 6) is -1.71. The summed E-state index contributed by atoms with van der Waals surface area (Å²) < 4.78 is 65.6. The molecule has 0 spiro atoms. The van der Waals surface area contributed by atoms with E-state index in [0.717, 1.165) is 36.5 Å². The van der Waals surface area contributed by atoms with Crippen molar-refractivity contribution in [2.24, 2.45) is 11.8 Å². The monoisotopic (exact) mass is 527 g/mol. The molecule has 0 bridgehead atoms. The highest BCUT2D eigenvalue weighted by atomic mass is 19.1. The van der Waals surface area contributed by atoms with Gasteiger partial charge in [-0.15, -0.1) is 0 Å². The number of nitrogens with zero attached hydrogens (tertiary/aromatic N) is 3. The number of aryl methyl sites for hydroxylation is 2. The van der Waals surface area contributed by atoms with E-state index >= 15 is 13.2 Å². The van der Waals surface area contributed by atoms with Crippen LogP contribution in [0, 0.1) is 29.3 Å². The third-order valence-electron chi connectivity index (χ3n) is 7.72. The molecule has 8 heteroatoms. The van der Waals surface area contributed by atoms with E-state index in [9.17, 15) is 4.39 Å². The molecule has 0 N–H and O–H groups in total.